The summed E-state index contributed by atoms with van der Waals surface area (Å²) in [6.45, 7) is -0.565. The zero-order valence-electron chi connectivity index (χ0n) is 11.8. The average molecular weight is 342 g/mol. The highest BCUT2D eigenvalue weighted by Crippen LogP contribution is 2.40. The lowest BCUT2D eigenvalue weighted by Crippen LogP contribution is -2.34. The Morgan fingerprint density at radius 2 is 1.87 bits per heavy atom. The summed E-state index contributed by atoms with van der Waals surface area (Å²) in [6, 6.07) is 0. The van der Waals surface area contributed by atoms with Gasteiger partial charge >= 0.3 is 7.82 Å². The summed E-state index contributed by atoms with van der Waals surface area (Å²) in [6.07, 6.45) is 3.25. The van der Waals surface area contributed by atoms with E-state index in [0.717, 1.165) is 0 Å². The molecule has 3 aliphatic rings. The molecule has 4 atom stereocenters. The number of carbonyl (C=O) groups is 1. The lowest BCUT2D eigenvalue weighted by molar-refractivity contribution is -0.111. The highest BCUT2D eigenvalue weighted by Gasteiger charge is 2.46. The molecule has 4 N–H and O–H groups in total. The molecule has 0 unspecified atom stereocenters. The van der Waals surface area contributed by atoms with Crippen LogP contribution in [0, 0.1) is 0 Å². The van der Waals surface area contributed by atoms with Crippen molar-refractivity contribution >= 4 is 13.6 Å². The van der Waals surface area contributed by atoms with Crippen molar-refractivity contribution in [3.05, 3.63) is 47.1 Å². The van der Waals surface area contributed by atoms with E-state index in [4.69, 9.17) is 14.5 Å². The maximum atomic E-state index is 11.8. The summed E-state index contributed by atoms with van der Waals surface area (Å²) in [7, 11) is -4.70. The lowest BCUT2D eigenvalue weighted by atomic mass is 9.91. The molecule has 23 heavy (non-hydrogen) atoms. The molecule has 8 nitrogen and oxygen atoms in total. The molecule has 9 heteroatoms. The number of hydrogen-bond acceptors (Lipinski definition) is 6. The molecule has 0 aromatic rings. The van der Waals surface area contributed by atoms with Crippen molar-refractivity contribution in [1.29, 1.82) is 0 Å². The highest BCUT2D eigenvalue weighted by atomic mass is 31.2. The third-order valence-electron chi connectivity index (χ3n) is 3.88. The van der Waals surface area contributed by atoms with Crippen LogP contribution in [0.3, 0.4) is 0 Å². The minimum atomic E-state index is -4.70. The second kappa shape index (κ2) is 5.92. The maximum Gasteiger partial charge on any atom is 0.469 e. The van der Waals surface area contributed by atoms with Gasteiger partial charge in [-0.2, -0.15) is 0 Å². The molecule has 1 aliphatic heterocycles. The number of phosphoric acid groups is 1. The van der Waals surface area contributed by atoms with Crippen LogP contribution in [0.15, 0.2) is 47.1 Å². The van der Waals surface area contributed by atoms with E-state index in [1.54, 1.807) is 24.3 Å². The molecule has 0 spiro atoms. The van der Waals surface area contributed by atoms with Crippen molar-refractivity contribution in [2.45, 2.75) is 24.4 Å². The Labute approximate surface area is 131 Å². The van der Waals surface area contributed by atoms with Gasteiger partial charge in [0, 0.05) is 5.57 Å². The smallest absolute Gasteiger partial charge is 0.387 e. The standard InChI is InChI=1S/C14H15O8P/c15-10-3-1-2-7-8(10)4-5-9(7)14-13(17)12(16)11(22-14)6-21-23(18,19)20/h1-5,11-14,16-17H,6H2,(H2,18,19,20)/t11-,12-,13-,14+/m1/s1. The summed E-state index contributed by atoms with van der Waals surface area (Å²) in [4.78, 5) is 29.2. The number of allylic oxidation sites excluding steroid dienone is 6. The molecule has 0 radical (unpaired) electrons. The van der Waals surface area contributed by atoms with Gasteiger partial charge in [0.1, 0.15) is 24.4 Å². The molecule has 124 valence electrons. The maximum absolute atomic E-state index is 11.8. The number of phosphoric ester groups is 1. The number of aliphatic hydroxyl groups excluding tert-OH is 2. The van der Waals surface area contributed by atoms with Crippen molar-refractivity contribution in [1.82, 2.24) is 0 Å². The van der Waals surface area contributed by atoms with Gasteiger partial charge in [0.25, 0.3) is 0 Å². The molecule has 0 bridgehead atoms. The van der Waals surface area contributed by atoms with E-state index in [-0.39, 0.29) is 5.78 Å². The Bertz CT molecular complexity index is 698. The van der Waals surface area contributed by atoms with Crippen LogP contribution in [0.2, 0.25) is 0 Å². The summed E-state index contributed by atoms with van der Waals surface area (Å²) in [5, 5.41) is 20.1. The number of carbonyl (C=O) groups excluding carboxylic acids is 1. The third kappa shape index (κ3) is 3.15. The second-order valence-electron chi connectivity index (χ2n) is 5.37. The number of hydrogen-bond donors (Lipinski definition) is 4. The summed E-state index contributed by atoms with van der Waals surface area (Å²) in [5.74, 6) is -0.164. The van der Waals surface area contributed by atoms with Gasteiger partial charge < -0.3 is 24.7 Å². The summed E-state index contributed by atoms with van der Waals surface area (Å²) in [5.41, 5.74) is 1.61. The molecule has 2 aliphatic carbocycles. The van der Waals surface area contributed by atoms with Crippen LogP contribution < -0.4 is 0 Å². The van der Waals surface area contributed by atoms with E-state index < -0.39 is 38.8 Å². The van der Waals surface area contributed by atoms with Gasteiger partial charge in [0.2, 0.25) is 0 Å². The van der Waals surface area contributed by atoms with Crippen molar-refractivity contribution in [2.24, 2.45) is 0 Å². The van der Waals surface area contributed by atoms with E-state index in [1.165, 1.54) is 6.08 Å². The Morgan fingerprint density at radius 3 is 2.57 bits per heavy atom. The van der Waals surface area contributed by atoms with Crippen LogP contribution in [0.1, 0.15) is 0 Å². The fourth-order valence-corrected chi connectivity index (χ4v) is 3.13. The first-order valence-electron chi connectivity index (χ1n) is 6.85. The molecule has 1 heterocycles. The number of ether oxygens (including phenoxy) is 1. The van der Waals surface area contributed by atoms with Crippen molar-refractivity contribution in [3.63, 3.8) is 0 Å². The minimum absolute atomic E-state index is 0.164. The lowest BCUT2D eigenvalue weighted by Gasteiger charge is -2.19. The van der Waals surface area contributed by atoms with E-state index in [9.17, 15) is 19.6 Å². The summed E-state index contributed by atoms with van der Waals surface area (Å²) < 4.78 is 20.6. The first kappa shape index (κ1) is 16.5. The van der Waals surface area contributed by atoms with Gasteiger partial charge in [-0.15, -0.1) is 0 Å². The van der Waals surface area contributed by atoms with Gasteiger partial charge in [0.15, 0.2) is 5.78 Å². The van der Waals surface area contributed by atoms with Crippen LogP contribution in [0.4, 0.5) is 0 Å². The fraction of sp³-hybridized carbons (Fsp3) is 0.357. The van der Waals surface area contributed by atoms with Crippen LogP contribution >= 0.6 is 7.82 Å². The van der Waals surface area contributed by atoms with Gasteiger partial charge in [-0.1, -0.05) is 24.3 Å². The van der Waals surface area contributed by atoms with Gasteiger partial charge in [-0.05, 0) is 17.2 Å². The second-order valence-corrected chi connectivity index (χ2v) is 6.61. The Balaban J connectivity index is 1.75. The van der Waals surface area contributed by atoms with E-state index in [1.807, 2.05) is 0 Å². The topological polar surface area (TPSA) is 134 Å². The molecule has 0 amide bonds. The fourth-order valence-electron chi connectivity index (χ4n) is 2.79. The Morgan fingerprint density at radius 1 is 1.13 bits per heavy atom. The number of aliphatic hydroxyl groups is 2. The third-order valence-corrected chi connectivity index (χ3v) is 4.37. The van der Waals surface area contributed by atoms with Gasteiger partial charge in [-0.25, -0.2) is 4.57 Å². The van der Waals surface area contributed by atoms with E-state index >= 15 is 0 Å². The van der Waals surface area contributed by atoms with Gasteiger partial charge in [0.05, 0.1) is 6.61 Å². The average Bonchev–Trinajstić information content (AvgIpc) is 3.01. The highest BCUT2D eigenvalue weighted by molar-refractivity contribution is 7.46. The first-order chi connectivity index (χ1) is 10.8. The number of fused-ring (bicyclic) bond motifs is 1. The molecule has 1 saturated heterocycles. The van der Waals surface area contributed by atoms with Crippen LogP contribution in [0.25, 0.3) is 0 Å². The monoisotopic (exact) mass is 342 g/mol. The predicted octanol–water partition coefficient (Wildman–Crippen LogP) is -0.483. The largest absolute Gasteiger partial charge is 0.469 e. The first-order valence-corrected chi connectivity index (χ1v) is 8.38. The SMILES string of the molecule is O=C1C=CC=C2C1=CC=C2[C@@H]1O[C@H](COP(=O)(O)O)[C@@H](O)[C@H]1O. The van der Waals surface area contributed by atoms with Crippen LogP contribution in [0.5, 0.6) is 0 Å². The molecule has 0 saturated carbocycles. The molecule has 1 fully saturated rings. The summed E-state index contributed by atoms with van der Waals surface area (Å²) >= 11 is 0. The molecule has 0 aromatic heterocycles. The number of rotatable bonds is 4. The molecule has 0 aromatic carbocycles. The Kier molecular flexibility index (Phi) is 4.24. The van der Waals surface area contributed by atoms with E-state index in [2.05, 4.69) is 4.52 Å². The van der Waals surface area contributed by atoms with Crippen LogP contribution in [-0.2, 0) is 18.6 Å². The zero-order chi connectivity index (χ0) is 16.8. The molecule has 3 rings (SSSR count). The minimum Gasteiger partial charge on any atom is -0.387 e. The van der Waals surface area contributed by atoms with E-state index in [0.29, 0.717) is 16.7 Å². The number of ketones is 1. The quantitative estimate of drug-likeness (QED) is 0.503. The van der Waals surface area contributed by atoms with Gasteiger partial charge in [-0.3, -0.25) is 9.32 Å². The molecular weight excluding hydrogens is 327 g/mol. The Hall–Kier alpha value is -1.38. The predicted molar refractivity (Wildman–Crippen MR) is 77.1 cm³/mol. The van der Waals surface area contributed by atoms with Crippen LogP contribution in [-0.4, -0.2) is 56.8 Å². The van der Waals surface area contributed by atoms with Crippen molar-refractivity contribution in [2.75, 3.05) is 6.61 Å². The zero-order valence-corrected chi connectivity index (χ0v) is 12.7. The van der Waals surface area contributed by atoms with Crippen molar-refractivity contribution < 1.29 is 38.6 Å². The normalized spacial score (nSPS) is 33.4. The van der Waals surface area contributed by atoms with Crippen molar-refractivity contribution in [3.8, 4) is 0 Å². The molecular formula is C14H15O8P.